The summed E-state index contributed by atoms with van der Waals surface area (Å²) in [7, 11) is 1.96. The highest BCUT2D eigenvalue weighted by Crippen LogP contribution is 2.33. The Kier molecular flexibility index (Phi) is 6.90. The first-order valence-corrected chi connectivity index (χ1v) is 11.4. The number of carboxylic acid groups (broad SMARTS) is 1. The molecular weight excluding hydrogens is 456 g/mol. The summed E-state index contributed by atoms with van der Waals surface area (Å²) in [6.07, 6.45) is 2.11. The SMILES string of the molecule is CC(CC(=O)O)NCc1cn(C)c2c(-c3noc(-c4ccc(OC(C)C)c(Cl)c4)n3)cccc12. The minimum Gasteiger partial charge on any atom is -0.489 e. The smallest absolute Gasteiger partial charge is 0.304 e. The predicted molar refractivity (Wildman–Crippen MR) is 131 cm³/mol. The standard InChI is InChI=1S/C25H27ClN4O4/c1-14(2)33-21-9-8-16(11-20(21)26)25-28-24(29-34-25)19-7-5-6-18-17(13-30(4)23(18)19)12-27-15(3)10-22(31)32/h5-9,11,13-15,27H,10,12H2,1-4H3,(H,31,32). The molecule has 2 heterocycles. The molecule has 0 spiro atoms. The third-order valence-corrected chi connectivity index (χ3v) is 5.71. The lowest BCUT2D eigenvalue weighted by atomic mass is 10.1. The van der Waals surface area contributed by atoms with Gasteiger partial charge in [0, 0.05) is 42.3 Å². The highest BCUT2D eigenvalue weighted by Gasteiger charge is 2.18. The van der Waals surface area contributed by atoms with Gasteiger partial charge in [0.1, 0.15) is 5.75 Å². The number of hydrogen-bond donors (Lipinski definition) is 2. The molecular formula is C25H27ClN4O4. The monoisotopic (exact) mass is 482 g/mol. The number of carbonyl (C=O) groups is 1. The first kappa shape index (κ1) is 23.8. The fraction of sp³-hybridized carbons (Fsp3) is 0.320. The molecule has 2 N–H and O–H groups in total. The Labute approximate surface area is 202 Å². The summed E-state index contributed by atoms with van der Waals surface area (Å²) < 4.78 is 13.3. The first-order valence-electron chi connectivity index (χ1n) is 11.1. The minimum atomic E-state index is -0.823. The van der Waals surface area contributed by atoms with E-state index in [1.54, 1.807) is 12.1 Å². The molecule has 1 atom stereocenters. The molecule has 4 aromatic rings. The van der Waals surface area contributed by atoms with E-state index in [2.05, 4.69) is 15.5 Å². The Morgan fingerprint density at radius 1 is 1.26 bits per heavy atom. The summed E-state index contributed by atoms with van der Waals surface area (Å²) in [5.41, 5.74) is 3.57. The van der Waals surface area contributed by atoms with Crippen molar-refractivity contribution in [2.75, 3.05) is 0 Å². The van der Waals surface area contributed by atoms with Gasteiger partial charge in [-0.15, -0.1) is 0 Å². The summed E-state index contributed by atoms with van der Waals surface area (Å²) in [4.78, 5) is 15.6. The normalized spacial score (nSPS) is 12.4. The molecule has 9 heteroatoms. The van der Waals surface area contributed by atoms with E-state index in [1.807, 2.05) is 62.8 Å². The van der Waals surface area contributed by atoms with Crippen molar-refractivity contribution in [3.8, 4) is 28.6 Å². The molecule has 0 saturated carbocycles. The van der Waals surface area contributed by atoms with E-state index in [4.69, 9.17) is 26.0 Å². The van der Waals surface area contributed by atoms with Gasteiger partial charge in [0.25, 0.3) is 5.89 Å². The van der Waals surface area contributed by atoms with Crippen LogP contribution in [0.15, 0.2) is 47.1 Å². The van der Waals surface area contributed by atoms with Gasteiger partial charge >= 0.3 is 5.97 Å². The summed E-state index contributed by atoms with van der Waals surface area (Å²) in [5.74, 6) is 0.617. The van der Waals surface area contributed by atoms with Crippen molar-refractivity contribution in [2.24, 2.45) is 7.05 Å². The molecule has 0 fully saturated rings. The molecule has 34 heavy (non-hydrogen) atoms. The number of halogens is 1. The predicted octanol–water partition coefficient (Wildman–Crippen LogP) is 5.29. The Hall–Kier alpha value is -3.36. The number of fused-ring (bicyclic) bond motifs is 1. The van der Waals surface area contributed by atoms with Gasteiger partial charge in [0.05, 0.1) is 23.1 Å². The number of nitrogens with zero attached hydrogens (tertiary/aromatic N) is 3. The van der Waals surface area contributed by atoms with Gasteiger partial charge in [-0.25, -0.2) is 0 Å². The first-order chi connectivity index (χ1) is 16.2. The number of aromatic nitrogens is 3. The number of carboxylic acids is 1. The molecule has 1 unspecified atom stereocenters. The molecule has 8 nitrogen and oxygen atoms in total. The molecule has 0 radical (unpaired) electrons. The van der Waals surface area contributed by atoms with Gasteiger partial charge < -0.3 is 24.3 Å². The van der Waals surface area contributed by atoms with Crippen LogP contribution in [0.25, 0.3) is 33.7 Å². The second-order valence-corrected chi connectivity index (χ2v) is 8.99. The number of aliphatic carboxylic acids is 1. The average molecular weight is 483 g/mol. The molecule has 4 rings (SSSR count). The Morgan fingerprint density at radius 2 is 2.06 bits per heavy atom. The van der Waals surface area contributed by atoms with Crippen LogP contribution in [-0.2, 0) is 18.4 Å². The van der Waals surface area contributed by atoms with Crippen molar-refractivity contribution in [3.63, 3.8) is 0 Å². The van der Waals surface area contributed by atoms with Gasteiger partial charge in [0.2, 0.25) is 5.82 Å². The maximum Gasteiger partial charge on any atom is 0.304 e. The molecule has 2 aromatic heterocycles. The molecule has 0 aliphatic heterocycles. The number of benzene rings is 2. The van der Waals surface area contributed by atoms with Crippen LogP contribution < -0.4 is 10.1 Å². The Bertz CT molecular complexity index is 1330. The van der Waals surface area contributed by atoms with E-state index >= 15 is 0 Å². The van der Waals surface area contributed by atoms with E-state index < -0.39 is 5.97 Å². The Morgan fingerprint density at radius 3 is 2.76 bits per heavy atom. The van der Waals surface area contributed by atoms with Crippen LogP contribution in [0.5, 0.6) is 5.75 Å². The Balaban J connectivity index is 1.62. The summed E-state index contributed by atoms with van der Waals surface area (Å²) >= 11 is 6.37. The van der Waals surface area contributed by atoms with E-state index in [0.29, 0.717) is 34.6 Å². The molecule has 178 valence electrons. The maximum atomic E-state index is 10.9. The van der Waals surface area contributed by atoms with E-state index in [1.165, 1.54) is 0 Å². The topological polar surface area (TPSA) is 102 Å². The van der Waals surface area contributed by atoms with Crippen LogP contribution in [0.2, 0.25) is 5.02 Å². The van der Waals surface area contributed by atoms with Crippen LogP contribution in [-0.4, -0.2) is 37.9 Å². The van der Waals surface area contributed by atoms with E-state index in [9.17, 15) is 4.79 Å². The zero-order chi connectivity index (χ0) is 24.4. The van der Waals surface area contributed by atoms with Crippen molar-refractivity contribution in [3.05, 3.63) is 53.2 Å². The van der Waals surface area contributed by atoms with E-state index in [0.717, 1.165) is 22.0 Å². The van der Waals surface area contributed by atoms with Crippen molar-refractivity contribution in [2.45, 2.75) is 45.9 Å². The minimum absolute atomic E-state index is 0.0182. The van der Waals surface area contributed by atoms with Crippen LogP contribution >= 0.6 is 11.6 Å². The number of para-hydroxylation sites is 1. The van der Waals surface area contributed by atoms with Crippen molar-refractivity contribution in [1.82, 2.24) is 20.0 Å². The highest BCUT2D eigenvalue weighted by atomic mass is 35.5. The van der Waals surface area contributed by atoms with Gasteiger partial charge in [0.15, 0.2) is 0 Å². The number of ether oxygens (including phenoxy) is 1. The molecule has 0 aliphatic carbocycles. The third kappa shape index (κ3) is 5.08. The molecule has 0 amide bonds. The average Bonchev–Trinajstić information content (AvgIpc) is 3.38. The second-order valence-electron chi connectivity index (χ2n) is 8.58. The number of hydrogen-bond acceptors (Lipinski definition) is 6. The van der Waals surface area contributed by atoms with Gasteiger partial charge in [-0.05, 0) is 50.6 Å². The lowest BCUT2D eigenvalue weighted by molar-refractivity contribution is -0.137. The fourth-order valence-corrected chi connectivity index (χ4v) is 4.15. The van der Waals surface area contributed by atoms with Crippen LogP contribution in [0.1, 0.15) is 32.8 Å². The zero-order valence-corrected chi connectivity index (χ0v) is 20.3. The second kappa shape index (κ2) is 9.87. The van der Waals surface area contributed by atoms with Crippen molar-refractivity contribution in [1.29, 1.82) is 0 Å². The lowest BCUT2D eigenvalue weighted by Crippen LogP contribution is -2.27. The number of rotatable bonds is 9. The fourth-order valence-electron chi connectivity index (χ4n) is 3.92. The van der Waals surface area contributed by atoms with E-state index in [-0.39, 0.29) is 18.6 Å². The summed E-state index contributed by atoms with van der Waals surface area (Å²) in [6.45, 7) is 6.29. The number of nitrogens with one attached hydrogen (secondary N) is 1. The molecule has 0 aliphatic rings. The van der Waals surface area contributed by atoms with Crippen LogP contribution in [0, 0.1) is 0 Å². The molecule has 0 saturated heterocycles. The maximum absolute atomic E-state index is 10.9. The highest BCUT2D eigenvalue weighted by molar-refractivity contribution is 6.32. The number of aryl methyl sites for hydroxylation is 1. The summed E-state index contributed by atoms with van der Waals surface area (Å²) in [5, 5.41) is 18.0. The lowest BCUT2D eigenvalue weighted by Gasteiger charge is -2.11. The van der Waals surface area contributed by atoms with Gasteiger partial charge in [-0.3, -0.25) is 4.79 Å². The van der Waals surface area contributed by atoms with Gasteiger partial charge in [-0.2, -0.15) is 4.98 Å². The van der Waals surface area contributed by atoms with Crippen LogP contribution in [0.4, 0.5) is 0 Å². The molecule has 0 bridgehead atoms. The van der Waals surface area contributed by atoms with Crippen molar-refractivity contribution >= 4 is 28.5 Å². The summed E-state index contributed by atoms with van der Waals surface area (Å²) in [6, 6.07) is 11.2. The zero-order valence-electron chi connectivity index (χ0n) is 19.5. The van der Waals surface area contributed by atoms with Gasteiger partial charge in [-0.1, -0.05) is 28.9 Å². The van der Waals surface area contributed by atoms with Crippen LogP contribution in [0.3, 0.4) is 0 Å². The quantitative estimate of drug-likeness (QED) is 0.334. The van der Waals surface area contributed by atoms with Crippen molar-refractivity contribution < 1.29 is 19.2 Å². The molecule has 2 aromatic carbocycles. The third-order valence-electron chi connectivity index (χ3n) is 5.41. The largest absolute Gasteiger partial charge is 0.489 e.